The average molecular weight is 370 g/mol. The number of carbonyl (C=O) groups excluding carboxylic acids is 1. The molecule has 3 aromatic rings. The molecule has 4 nitrogen and oxygen atoms in total. The highest BCUT2D eigenvalue weighted by atomic mass is 16.3. The van der Waals surface area contributed by atoms with Gasteiger partial charge < -0.3 is 4.42 Å². The van der Waals surface area contributed by atoms with Crippen LogP contribution in [0.1, 0.15) is 48.7 Å². The molecule has 1 atom stereocenters. The second-order valence-corrected chi connectivity index (χ2v) is 7.73. The van der Waals surface area contributed by atoms with Crippen LogP contribution in [0.15, 0.2) is 69.1 Å². The Morgan fingerprint density at radius 1 is 1.07 bits per heavy atom. The molecule has 0 spiro atoms. The highest BCUT2D eigenvalue weighted by Crippen LogP contribution is 2.40. The van der Waals surface area contributed by atoms with E-state index in [2.05, 4.69) is 36.2 Å². The zero-order chi connectivity index (χ0) is 19.1. The molecule has 2 heterocycles. The van der Waals surface area contributed by atoms with Gasteiger partial charge in [0.15, 0.2) is 11.4 Å². The van der Waals surface area contributed by atoms with Crippen molar-refractivity contribution in [2.75, 3.05) is 0 Å². The van der Waals surface area contributed by atoms with Gasteiger partial charge in [0.05, 0.1) is 6.42 Å². The maximum absolute atomic E-state index is 12.7. The molecular weight excluding hydrogens is 348 g/mol. The molecule has 0 saturated carbocycles. The molecule has 1 aromatic heterocycles. The number of oxazole rings is 1. The molecule has 0 radical (unpaired) electrons. The quantitative estimate of drug-likeness (QED) is 0.627. The number of rotatable bonds is 3. The van der Waals surface area contributed by atoms with Crippen molar-refractivity contribution in [2.24, 2.45) is 4.99 Å². The molecule has 0 N–H and O–H groups in total. The number of ketones is 1. The van der Waals surface area contributed by atoms with Crippen molar-refractivity contribution in [3.8, 4) is 0 Å². The fourth-order valence-corrected chi connectivity index (χ4v) is 4.27. The molecule has 5 rings (SSSR count). The van der Waals surface area contributed by atoms with E-state index in [4.69, 9.17) is 9.41 Å². The summed E-state index contributed by atoms with van der Waals surface area (Å²) in [4.78, 5) is 22.3. The number of para-hydroxylation sites is 2. The minimum absolute atomic E-state index is 0.198. The molecule has 1 unspecified atom stereocenters. The van der Waals surface area contributed by atoms with Crippen molar-refractivity contribution in [3.05, 3.63) is 76.7 Å². The lowest BCUT2D eigenvalue weighted by atomic mass is 9.79. The Balaban J connectivity index is 1.52. The first-order chi connectivity index (χ1) is 13.7. The van der Waals surface area contributed by atoms with Crippen LogP contribution in [-0.4, -0.2) is 16.5 Å². The first kappa shape index (κ1) is 17.1. The molecule has 1 aliphatic carbocycles. The van der Waals surface area contributed by atoms with E-state index in [0.717, 1.165) is 47.2 Å². The molecule has 140 valence electrons. The number of aromatic nitrogens is 1. The van der Waals surface area contributed by atoms with Gasteiger partial charge in [0.1, 0.15) is 11.6 Å². The van der Waals surface area contributed by atoms with E-state index >= 15 is 0 Å². The largest absolute Gasteiger partial charge is 0.440 e. The number of nitrogens with zero attached hydrogens (tertiary/aromatic N) is 2. The van der Waals surface area contributed by atoms with Gasteiger partial charge in [-0.15, -0.1) is 0 Å². The Labute approximate surface area is 164 Å². The number of fused-ring (bicyclic) bond motifs is 1. The average Bonchev–Trinajstić information content (AvgIpc) is 3.10. The molecule has 0 saturated heterocycles. The summed E-state index contributed by atoms with van der Waals surface area (Å²) in [5, 5.41) is 0. The third-order valence-electron chi connectivity index (χ3n) is 5.65. The summed E-state index contributed by atoms with van der Waals surface area (Å²) in [6.45, 7) is 2.07. The maximum atomic E-state index is 12.7. The van der Waals surface area contributed by atoms with Gasteiger partial charge in [0, 0.05) is 24.1 Å². The van der Waals surface area contributed by atoms with Gasteiger partial charge in [-0.05, 0) is 37.5 Å². The molecule has 0 fully saturated rings. The molecule has 2 aromatic carbocycles. The summed E-state index contributed by atoms with van der Waals surface area (Å²) in [6, 6.07) is 16.0. The van der Waals surface area contributed by atoms with E-state index < -0.39 is 0 Å². The van der Waals surface area contributed by atoms with Crippen molar-refractivity contribution in [1.29, 1.82) is 0 Å². The fraction of sp³-hybridized carbons (Fsp3) is 0.292. The van der Waals surface area contributed by atoms with Crippen LogP contribution in [0.2, 0.25) is 0 Å². The Morgan fingerprint density at radius 3 is 2.71 bits per heavy atom. The predicted molar refractivity (Wildman–Crippen MR) is 110 cm³/mol. The van der Waals surface area contributed by atoms with Crippen LogP contribution in [0.25, 0.3) is 11.1 Å². The van der Waals surface area contributed by atoms with Crippen LogP contribution >= 0.6 is 0 Å². The molecule has 1 aliphatic heterocycles. The van der Waals surface area contributed by atoms with E-state index in [1.54, 1.807) is 0 Å². The van der Waals surface area contributed by atoms with Crippen molar-refractivity contribution in [2.45, 2.75) is 45.1 Å². The lowest BCUT2D eigenvalue weighted by Crippen LogP contribution is -2.24. The van der Waals surface area contributed by atoms with E-state index in [-0.39, 0.29) is 11.8 Å². The number of dihydropyridines is 1. The summed E-state index contributed by atoms with van der Waals surface area (Å²) in [6.07, 6.45) is 3.89. The second kappa shape index (κ2) is 6.86. The Bertz CT molecular complexity index is 1090. The lowest BCUT2D eigenvalue weighted by Gasteiger charge is -2.29. The van der Waals surface area contributed by atoms with Crippen LogP contribution in [0.3, 0.4) is 0 Å². The van der Waals surface area contributed by atoms with Gasteiger partial charge >= 0.3 is 0 Å². The van der Waals surface area contributed by atoms with E-state index in [1.807, 2.05) is 24.3 Å². The van der Waals surface area contributed by atoms with Crippen molar-refractivity contribution < 1.29 is 9.21 Å². The summed E-state index contributed by atoms with van der Waals surface area (Å²) in [7, 11) is 0. The third-order valence-corrected chi connectivity index (χ3v) is 5.65. The molecule has 28 heavy (non-hydrogen) atoms. The van der Waals surface area contributed by atoms with Crippen LogP contribution in [0, 0.1) is 6.92 Å². The number of allylic oxidation sites excluding steroid dienone is 1. The first-order valence-corrected chi connectivity index (χ1v) is 9.89. The van der Waals surface area contributed by atoms with Gasteiger partial charge in [-0.25, -0.2) is 4.98 Å². The second-order valence-electron chi connectivity index (χ2n) is 7.73. The molecule has 0 bridgehead atoms. The monoisotopic (exact) mass is 370 g/mol. The number of carbonyl (C=O) groups is 1. The van der Waals surface area contributed by atoms with Crippen molar-refractivity contribution in [1.82, 2.24) is 4.98 Å². The fourth-order valence-electron chi connectivity index (χ4n) is 4.27. The molecular formula is C24H22N2O2. The summed E-state index contributed by atoms with van der Waals surface area (Å²) in [5.74, 6) is 0.949. The number of Topliss-reactive ketones (excluding diaryl/α,β-unsaturated/α-hetero) is 1. The predicted octanol–water partition coefficient (Wildman–Crippen LogP) is 5.31. The highest BCUT2D eigenvalue weighted by Gasteiger charge is 2.32. The Kier molecular flexibility index (Phi) is 4.19. The van der Waals surface area contributed by atoms with Crippen molar-refractivity contribution in [3.63, 3.8) is 0 Å². The number of hydrogen-bond acceptors (Lipinski definition) is 4. The van der Waals surface area contributed by atoms with E-state index in [0.29, 0.717) is 18.7 Å². The van der Waals surface area contributed by atoms with Crippen LogP contribution in [-0.2, 0) is 11.2 Å². The van der Waals surface area contributed by atoms with Crippen LogP contribution in [0.4, 0.5) is 0 Å². The topological polar surface area (TPSA) is 55.5 Å². The number of benzene rings is 2. The van der Waals surface area contributed by atoms with Gasteiger partial charge in [0.2, 0.25) is 5.89 Å². The van der Waals surface area contributed by atoms with Crippen LogP contribution < -0.4 is 0 Å². The third kappa shape index (κ3) is 3.09. The van der Waals surface area contributed by atoms with Gasteiger partial charge in [-0.1, -0.05) is 47.5 Å². The van der Waals surface area contributed by atoms with E-state index in [9.17, 15) is 4.79 Å². The maximum Gasteiger partial charge on any atom is 0.201 e. The van der Waals surface area contributed by atoms with Gasteiger partial charge in [0.25, 0.3) is 0 Å². The standard InChI is InChI=1S/C24H22N2O2/c1-15-9-11-16(12-10-15)24-23-17(5-4-7-20(23)27)13-18(25-24)14-22-26-19-6-2-3-8-21(19)28-22/h2-3,6,8-12,24H,4-5,7,13-14H2,1H3. The zero-order valence-electron chi connectivity index (χ0n) is 15.9. The van der Waals surface area contributed by atoms with Crippen LogP contribution in [0.5, 0.6) is 0 Å². The van der Waals surface area contributed by atoms with Gasteiger partial charge in [-0.2, -0.15) is 0 Å². The van der Waals surface area contributed by atoms with E-state index in [1.165, 1.54) is 11.1 Å². The zero-order valence-corrected chi connectivity index (χ0v) is 15.9. The normalized spacial score (nSPS) is 19.7. The SMILES string of the molecule is Cc1ccc(C2N=C(Cc3nc4ccccc4o3)CC3=C2C(=O)CCC3)cc1. The highest BCUT2D eigenvalue weighted by molar-refractivity contribution is 6.02. The lowest BCUT2D eigenvalue weighted by molar-refractivity contribution is -0.116. The number of hydrogen-bond donors (Lipinski definition) is 0. The summed E-state index contributed by atoms with van der Waals surface area (Å²) < 4.78 is 5.91. The molecule has 2 aliphatic rings. The number of aryl methyl sites for hydroxylation is 1. The minimum atomic E-state index is -0.198. The minimum Gasteiger partial charge on any atom is -0.440 e. The first-order valence-electron chi connectivity index (χ1n) is 9.89. The molecule has 4 heteroatoms. The smallest absolute Gasteiger partial charge is 0.201 e. The summed E-state index contributed by atoms with van der Waals surface area (Å²) in [5.41, 5.74) is 7.20. The molecule has 0 amide bonds. The summed E-state index contributed by atoms with van der Waals surface area (Å²) >= 11 is 0. The number of aliphatic imine (C=N–C) groups is 1. The Hall–Kier alpha value is -3.01. The Morgan fingerprint density at radius 2 is 1.89 bits per heavy atom. The van der Waals surface area contributed by atoms with Gasteiger partial charge in [-0.3, -0.25) is 9.79 Å². The van der Waals surface area contributed by atoms with Crippen molar-refractivity contribution >= 4 is 22.6 Å².